The molecule has 0 fully saturated rings. The van der Waals surface area contributed by atoms with E-state index in [1.807, 2.05) is 30.3 Å². The Bertz CT molecular complexity index is 1520. The molecule has 0 unspecified atom stereocenters. The highest BCUT2D eigenvalue weighted by Crippen LogP contribution is 2.33. The number of thiazole rings is 1. The van der Waals surface area contributed by atoms with E-state index in [0.717, 1.165) is 11.3 Å². The van der Waals surface area contributed by atoms with E-state index in [9.17, 15) is 24.8 Å². The van der Waals surface area contributed by atoms with E-state index >= 15 is 0 Å². The number of non-ortho nitro benzene ring substituents is 1. The number of carbonyl (C=O) groups excluding carboxylic acids is 1. The van der Waals surface area contributed by atoms with E-state index in [4.69, 9.17) is 4.74 Å². The Morgan fingerprint density at radius 1 is 1.35 bits per heavy atom. The number of ether oxygens (including phenoxy) is 1. The Morgan fingerprint density at radius 3 is 2.71 bits per heavy atom. The predicted molar refractivity (Wildman–Crippen MR) is 129 cm³/mol. The summed E-state index contributed by atoms with van der Waals surface area (Å²) in [6.07, 6.45) is 1.38. The van der Waals surface area contributed by atoms with Gasteiger partial charge in [-0.2, -0.15) is 0 Å². The van der Waals surface area contributed by atoms with Crippen molar-refractivity contribution in [3.63, 3.8) is 0 Å². The van der Waals surface area contributed by atoms with Crippen LogP contribution in [0.25, 0.3) is 6.08 Å². The lowest BCUT2D eigenvalue weighted by molar-refractivity contribution is -0.385. The van der Waals surface area contributed by atoms with Gasteiger partial charge in [0, 0.05) is 17.7 Å². The maximum atomic E-state index is 13.5. The molecule has 0 amide bonds. The molecule has 0 saturated heterocycles. The first-order chi connectivity index (χ1) is 16.2. The number of aromatic nitrogens is 1. The van der Waals surface area contributed by atoms with Crippen molar-refractivity contribution in [3.8, 4) is 5.75 Å². The first-order valence-electron chi connectivity index (χ1n) is 10.1. The number of carbonyl (C=O) groups is 1. The summed E-state index contributed by atoms with van der Waals surface area (Å²) in [5.41, 5.74) is 0.798. The minimum Gasteiger partial charge on any atom is -0.506 e. The molecule has 1 aromatic heterocycles. The van der Waals surface area contributed by atoms with Crippen LogP contribution in [-0.2, 0) is 9.53 Å². The SMILES string of the molecule is CCOC(=O)C1=C(C)N=c2s/c(=C\c3cc([N+](=O)[O-])cc(Br)c3O)c(=O)n2[C@H]1c1ccccc1. The summed E-state index contributed by atoms with van der Waals surface area (Å²) in [5, 5.41) is 21.7. The number of phenols is 1. The number of aromatic hydroxyl groups is 1. The van der Waals surface area contributed by atoms with Crippen LogP contribution in [0, 0.1) is 10.1 Å². The second kappa shape index (κ2) is 9.35. The number of phenolic OH excluding ortho intramolecular Hbond substituents is 1. The lowest BCUT2D eigenvalue weighted by atomic mass is 9.96. The molecular weight excluding hydrogens is 526 g/mol. The fourth-order valence-electron chi connectivity index (χ4n) is 3.70. The van der Waals surface area contributed by atoms with Gasteiger partial charge >= 0.3 is 5.97 Å². The molecule has 1 atom stereocenters. The van der Waals surface area contributed by atoms with Crippen molar-refractivity contribution in [2.75, 3.05) is 6.61 Å². The molecule has 1 aliphatic heterocycles. The van der Waals surface area contributed by atoms with Crippen LogP contribution < -0.4 is 14.9 Å². The summed E-state index contributed by atoms with van der Waals surface area (Å²) >= 11 is 4.17. The Morgan fingerprint density at radius 2 is 2.06 bits per heavy atom. The molecule has 0 spiro atoms. The van der Waals surface area contributed by atoms with Gasteiger partial charge in [0.25, 0.3) is 11.2 Å². The highest BCUT2D eigenvalue weighted by molar-refractivity contribution is 9.10. The molecule has 174 valence electrons. The number of benzene rings is 2. The molecule has 0 saturated carbocycles. The van der Waals surface area contributed by atoms with Gasteiger partial charge in [0.15, 0.2) is 4.80 Å². The first-order valence-corrected chi connectivity index (χ1v) is 11.7. The third-order valence-corrected chi connectivity index (χ3v) is 6.79. The zero-order chi connectivity index (χ0) is 24.6. The minimum atomic E-state index is -0.760. The van der Waals surface area contributed by atoms with Crippen LogP contribution in [0.15, 0.2) is 68.0 Å². The van der Waals surface area contributed by atoms with Crippen molar-refractivity contribution >= 4 is 45.0 Å². The van der Waals surface area contributed by atoms with Crippen LogP contribution in [-0.4, -0.2) is 27.2 Å². The van der Waals surface area contributed by atoms with Gasteiger partial charge in [0.2, 0.25) is 0 Å². The standard InChI is InChI=1S/C23H18BrN3O6S/c1-3-33-22(30)18-12(2)25-23-26(19(18)13-7-5-4-6-8-13)21(29)17(34-23)10-14-9-15(27(31)32)11-16(24)20(14)28/h4-11,19,28H,3H2,1-2H3/b17-10-/t19-/m0/s1. The zero-order valence-corrected chi connectivity index (χ0v) is 20.4. The van der Waals surface area contributed by atoms with E-state index in [2.05, 4.69) is 20.9 Å². The van der Waals surface area contributed by atoms with Crippen LogP contribution in [0.3, 0.4) is 0 Å². The molecule has 3 aromatic rings. The summed E-state index contributed by atoms with van der Waals surface area (Å²) in [6, 6.07) is 10.7. The third-order valence-electron chi connectivity index (χ3n) is 5.21. The molecule has 2 heterocycles. The second-order valence-electron chi connectivity index (χ2n) is 7.34. The highest BCUT2D eigenvalue weighted by atomic mass is 79.9. The summed E-state index contributed by atoms with van der Waals surface area (Å²) in [4.78, 5) is 41.9. The molecule has 9 nitrogen and oxygen atoms in total. The number of nitro groups is 1. The number of rotatable bonds is 5. The van der Waals surface area contributed by atoms with Gasteiger partial charge in [0.1, 0.15) is 5.75 Å². The van der Waals surface area contributed by atoms with Gasteiger partial charge in [-0.25, -0.2) is 9.79 Å². The lowest BCUT2D eigenvalue weighted by Crippen LogP contribution is -2.39. The van der Waals surface area contributed by atoms with Gasteiger partial charge in [-0.3, -0.25) is 19.5 Å². The van der Waals surface area contributed by atoms with Gasteiger partial charge in [-0.15, -0.1) is 0 Å². The van der Waals surface area contributed by atoms with E-state index in [1.165, 1.54) is 22.8 Å². The monoisotopic (exact) mass is 543 g/mol. The van der Waals surface area contributed by atoms with Gasteiger partial charge < -0.3 is 9.84 Å². The van der Waals surface area contributed by atoms with Crippen molar-refractivity contribution in [2.45, 2.75) is 19.9 Å². The minimum absolute atomic E-state index is 0.101. The lowest BCUT2D eigenvalue weighted by Gasteiger charge is -2.24. The number of nitrogens with zero attached hydrogens (tertiary/aromatic N) is 3. The number of esters is 1. The molecular formula is C23H18BrN3O6S. The van der Waals surface area contributed by atoms with Crippen molar-refractivity contribution in [2.24, 2.45) is 4.99 Å². The average Bonchev–Trinajstić information content (AvgIpc) is 3.10. The predicted octanol–water partition coefficient (Wildman–Crippen LogP) is 3.17. The van der Waals surface area contributed by atoms with Crippen LogP contribution in [0.5, 0.6) is 5.75 Å². The summed E-state index contributed by atoms with van der Waals surface area (Å²) in [5.74, 6) is -0.799. The molecule has 0 bridgehead atoms. The second-order valence-corrected chi connectivity index (χ2v) is 9.20. The van der Waals surface area contributed by atoms with Crippen LogP contribution in [0.1, 0.15) is 31.0 Å². The quantitative estimate of drug-likeness (QED) is 0.299. The zero-order valence-electron chi connectivity index (χ0n) is 18.0. The molecule has 11 heteroatoms. The topological polar surface area (TPSA) is 124 Å². The summed E-state index contributed by atoms with van der Waals surface area (Å²) in [6.45, 7) is 3.55. The van der Waals surface area contributed by atoms with Gasteiger partial charge in [-0.05, 0) is 41.4 Å². The summed E-state index contributed by atoms with van der Waals surface area (Å²) in [7, 11) is 0. The molecule has 2 aromatic carbocycles. The Balaban J connectivity index is 1.98. The number of nitro benzene ring substituents is 1. The number of hydrogen-bond donors (Lipinski definition) is 1. The molecule has 0 aliphatic carbocycles. The average molecular weight is 544 g/mol. The Kier molecular flexibility index (Phi) is 6.49. The molecule has 34 heavy (non-hydrogen) atoms. The van der Waals surface area contributed by atoms with Crippen molar-refractivity contribution in [1.82, 2.24) is 4.57 Å². The normalized spacial score (nSPS) is 15.6. The first kappa shape index (κ1) is 23.6. The largest absolute Gasteiger partial charge is 0.506 e. The fraction of sp³-hybridized carbons (Fsp3) is 0.174. The molecule has 1 aliphatic rings. The van der Waals surface area contributed by atoms with E-state index in [1.54, 1.807) is 13.8 Å². The van der Waals surface area contributed by atoms with Gasteiger partial charge in [0.05, 0.1) is 37.8 Å². The third kappa shape index (κ3) is 4.19. The molecule has 0 radical (unpaired) electrons. The van der Waals surface area contributed by atoms with Crippen LogP contribution >= 0.6 is 27.3 Å². The number of fused-ring (bicyclic) bond motifs is 1. The van der Waals surface area contributed by atoms with E-state index in [-0.39, 0.29) is 38.2 Å². The van der Waals surface area contributed by atoms with Crippen molar-refractivity contribution in [1.29, 1.82) is 0 Å². The Hall–Kier alpha value is -3.57. The Labute approximate surface area is 205 Å². The number of hydrogen-bond acceptors (Lipinski definition) is 8. The van der Waals surface area contributed by atoms with Crippen molar-refractivity contribution in [3.05, 3.63) is 99.1 Å². The fourth-order valence-corrected chi connectivity index (χ4v) is 5.21. The summed E-state index contributed by atoms with van der Waals surface area (Å²) < 4.78 is 6.98. The maximum Gasteiger partial charge on any atom is 0.338 e. The number of halogens is 1. The van der Waals surface area contributed by atoms with Gasteiger partial charge in [-0.1, -0.05) is 41.7 Å². The van der Waals surface area contributed by atoms with E-state index in [0.29, 0.717) is 16.1 Å². The smallest absolute Gasteiger partial charge is 0.338 e. The molecule has 4 rings (SSSR count). The van der Waals surface area contributed by atoms with Crippen LogP contribution in [0.2, 0.25) is 0 Å². The van der Waals surface area contributed by atoms with Crippen molar-refractivity contribution < 1.29 is 19.6 Å². The van der Waals surface area contributed by atoms with Crippen LogP contribution in [0.4, 0.5) is 5.69 Å². The number of allylic oxidation sites excluding steroid dienone is 1. The molecule has 1 N–H and O–H groups in total. The highest BCUT2D eigenvalue weighted by Gasteiger charge is 2.33. The van der Waals surface area contributed by atoms with E-state index < -0.39 is 22.5 Å². The maximum absolute atomic E-state index is 13.5.